The van der Waals surface area contributed by atoms with Gasteiger partial charge < -0.3 is 9.32 Å². The number of carbonyl (C=O) groups is 2. The van der Waals surface area contributed by atoms with Gasteiger partial charge in [-0.1, -0.05) is 18.6 Å². The third kappa shape index (κ3) is 4.64. The Kier molecular flexibility index (Phi) is 6.53. The highest BCUT2D eigenvalue weighted by molar-refractivity contribution is 6.12. The molecule has 204 valence electrons. The number of fused-ring (bicyclic) bond motifs is 1. The number of hydrogen-bond donors (Lipinski definition) is 0. The summed E-state index contributed by atoms with van der Waals surface area (Å²) in [6.45, 7) is 5.86. The van der Waals surface area contributed by atoms with Crippen molar-refractivity contribution in [1.29, 1.82) is 0 Å². The van der Waals surface area contributed by atoms with E-state index in [4.69, 9.17) is 4.42 Å². The fourth-order valence-corrected chi connectivity index (χ4v) is 5.97. The number of alkyl halides is 2. The van der Waals surface area contributed by atoms with Crippen LogP contribution in [0.4, 0.5) is 8.78 Å². The third-order valence-electron chi connectivity index (χ3n) is 8.58. The van der Waals surface area contributed by atoms with Crippen LogP contribution in [0, 0.1) is 0 Å². The van der Waals surface area contributed by atoms with Crippen LogP contribution in [0.5, 0.6) is 0 Å². The Balaban J connectivity index is 1.21. The molecule has 0 radical (unpaired) electrons. The molecule has 2 aliphatic heterocycles. The lowest BCUT2D eigenvalue weighted by atomic mass is 9.75. The second kappa shape index (κ2) is 9.89. The Morgan fingerprint density at radius 3 is 2.44 bits per heavy atom. The second-order valence-corrected chi connectivity index (χ2v) is 11.3. The maximum atomic E-state index is 13.7. The molecule has 10 heteroatoms. The molecule has 3 aromatic rings. The van der Waals surface area contributed by atoms with Crippen molar-refractivity contribution in [1.82, 2.24) is 25.0 Å². The van der Waals surface area contributed by atoms with Crippen LogP contribution in [-0.2, 0) is 16.8 Å². The van der Waals surface area contributed by atoms with Gasteiger partial charge in [0.05, 0.1) is 23.2 Å². The van der Waals surface area contributed by atoms with Gasteiger partial charge in [-0.25, -0.2) is 0 Å². The first kappa shape index (κ1) is 25.7. The summed E-state index contributed by atoms with van der Waals surface area (Å²) in [6.07, 6.45) is 4.65. The number of aromatic nitrogens is 3. The maximum Gasteiger partial charge on any atom is 0.314 e. The number of carbonyl (C=O) groups excluding carboxylic acids is 2. The van der Waals surface area contributed by atoms with E-state index in [0.717, 1.165) is 43.1 Å². The standard InChI is InChI=1S/C29H31F2N5O3/c1-29(2)23-9-7-18(17-10-12-35(13-11-17)21-4-3-5-21)14-22(23)27(37)36(28(29)38)16-20-8-6-19(15-32-20)25-33-34-26(39-25)24(30)31/h6-9,14-15,17,21,24H,3-5,10-13,16H2,1-2H3. The number of benzene rings is 1. The Morgan fingerprint density at radius 2 is 1.82 bits per heavy atom. The Hall–Kier alpha value is -3.53. The van der Waals surface area contributed by atoms with E-state index >= 15 is 0 Å². The van der Waals surface area contributed by atoms with Gasteiger partial charge in [-0.2, -0.15) is 8.78 Å². The average Bonchev–Trinajstić information content (AvgIpc) is 3.41. The summed E-state index contributed by atoms with van der Waals surface area (Å²) in [5.74, 6) is -1.05. The zero-order valence-electron chi connectivity index (χ0n) is 22.1. The number of likely N-dealkylation sites (tertiary alicyclic amines) is 1. The topological polar surface area (TPSA) is 92.4 Å². The predicted octanol–water partition coefficient (Wildman–Crippen LogP) is 5.26. The molecule has 1 aromatic carbocycles. The molecule has 39 heavy (non-hydrogen) atoms. The highest BCUT2D eigenvalue weighted by Crippen LogP contribution is 2.39. The Bertz CT molecular complexity index is 1390. The number of nitrogens with zero attached hydrogens (tertiary/aromatic N) is 5. The average molecular weight is 536 g/mol. The zero-order chi connectivity index (χ0) is 27.3. The molecule has 8 nitrogen and oxygen atoms in total. The van der Waals surface area contributed by atoms with Crippen molar-refractivity contribution in [2.45, 2.75) is 76.3 Å². The minimum absolute atomic E-state index is 0.00304. The van der Waals surface area contributed by atoms with Crippen LogP contribution in [0.25, 0.3) is 11.5 Å². The van der Waals surface area contributed by atoms with E-state index in [1.54, 1.807) is 12.1 Å². The summed E-state index contributed by atoms with van der Waals surface area (Å²) in [4.78, 5) is 35.3. The Labute approximate surface area is 225 Å². The Morgan fingerprint density at radius 1 is 1.05 bits per heavy atom. The predicted molar refractivity (Wildman–Crippen MR) is 138 cm³/mol. The van der Waals surface area contributed by atoms with Gasteiger partial charge in [0, 0.05) is 17.8 Å². The van der Waals surface area contributed by atoms with Gasteiger partial charge in [-0.3, -0.25) is 19.5 Å². The van der Waals surface area contributed by atoms with E-state index in [1.165, 1.54) is 30.4 Å². The van der Waals surface area contributed by atoms with Crippen molar-refractivity contribution in [2.75, 3.05) is 13.1 Å². The monoisotopic (exact) mass is 535 g/mol. The second-order valence-electron chi connectivity index (χ2n) is 11.3. The molecule has 2 fully saturated rings. The van der Waals surface area contributed by atoms with Gasteiger partial charge >= 0.3 is 6.43 Å². The molecule has 0 N–H and O–H groups in total. The van der Waals surface area contributed by atoms with Crippen molar-refractivity contribution >= 4 is 11.8 Å². The van der Waals surface area contributed by atoms with E-state index in [9.17, 15) is 18.4 Å². The van der Waals surface area contributed by atoms with E-state index in [0.29, 0.717) is 22.7 Å². The largest absolute Gasteiger partial charge is 0.415 e. The summed E-state index contributed by atoms with van der Waals surface area (Å²) >= 11 is 0. The normalized spacial score (nSPS) is 20.4. The quantitative estimate of drug-likeness (QED) is 0.398. The van der Waals surface area contributed by atoms with Crippen LogP contribution >= 0.6 is 0 Å². The van der Waals surface area contributed by atoms with Crippen molar-refractivity contribution in [3.63, 3.8) is 0 Å². The highest BCUT2D eigenvalue weighted by Gasteiger charge is 2.45. The molecule has 0 atom stereocenters. The molecule has 1 saturated heterocycles. The molecule has 3 aliphatic rings. The van der Waals surface area contributed by atoms with Gasteiger partial charge in [0.1, 0.15) is 0 Å². The minimum atomic E-state index is -2.86. The fourth-order valence-electron chi connectivity index (χ4n) is 5.97. The molecule has 0 spiro atoms. The van der Waals surface area contributed by atoms with E-state index in [1.807, 2.05) is 26.0 Å². The molecule has 0 bridgehead atoms. The number of imide groups is 1. The van der Waals surface area contributed by atoms with Crippen LogP contribution in [-0.4, -0.2) is 55.9 Å². The number of hydrogen-bond acceptors (Lipinski definition) is 7. The van der Waals surface area contributed by atoms with Crippen molar-refractivity contribution < 1.29 is 22.8 Å². The first-order chi connectivity index (χ1) is 18.7. The number of pyridine rings is 1. The summed E-state index contributed by atoms with van der Waals surface area (Å²) in [5.41, 5.74) is 2.45. The number of amides is 2. The fraction of sp³-hybridized carbons (Fsp3) is 0.483. The maximum absolute atomic E-state index is 13.7. The lowest BCUT2D eigenvalue weighted by Crippen LogP contribution is -2.51. The lowest BCUT2D eigenvalue weighted by molar-refractivity contribution is -0.134. The van der Waals surface area contributed by atoms with Crippen LogP contribution in [0.3, 0.4) is 0 Å². The van der Waals surface area contributed by atoms with Crippen LogP contribution in [0.15, 0.2) is 40.9 Å². The minimum Gasteiger partial charge on any atom is -0.415 e. The highest BCUT2D eigenvalue weighted by atomic mass is 19.3. The van der Waals surface area contributed by atoms with Crippen molar-refractivity contribution in [2.24, 2.45) is 0 Å². The van der Waals surface area contributed by atoms with Gasteiger partial charge in [0.2, 0.25) is 11.8 Å². The first-order valence-electron chi connectivity index (χ1n) is 13.5. The molecule has 2 amide bonds. The van der Waals surface area contributed by atoms with Gasteiger partial charge in [0.25, 0.3) is 11.8 Å². The first-order valence-corrected chi connectivity index (χ1v) is 13.5. The van der Waals surface area contributed by atoms with Crippen LogP contribution in [0.2, 0.25) is 0 Å². The number of halogens is 2. The molecule has 6 rings (SSSR count). The molecule has 1 aliphatic carbocycles. The molecule has 1 saturated carbocycles. The third-order valence-corrected chi connectivity index (χ3v) is 8.58. The van der Waals surface area contributed by atoms with E-state index in [-0.39, 0.29) is 24.2 Å². The van der Waals surface area contributed by atoms with Crippen molar-refractivity contribution in [3.8, 4) is 11.5 Å². The molecule has 4 heterocycles. The molecule has 2 aromatic heterocycles. The van der Waals surface area contributed by atoms with Crippen LogP contribution < -0.4 is 0 Å². The van der Waals surface area contributed by atoms with Crippen molar-refractivity contribution in [3.05, 3.63) is 64.8 Å². The molecular formula is C29H31F2N5O3. The van der Waals surface area contributed by atoms with Gasteiger partial charge in [0.15, 0.2) is 0 Å². The summed E-state index contributed by atoms with van der Waals surface area (Å²) in [5, 5.41) is 6.96. The van der Waals surface area contributed by atoms with Gasteiger partial charge in [-0.05, 0) is 87.9 Å². The van der Waals surface area contributed by atoms with Gasteiger partial charge in [-0.15, -0.1) is 10.2 Å². The SMILES string of the molecule is CC1(C)C(=O)N(Cc2ccc(-c3nnc(C(F)F)o3)cn2)C(=O)c2cc(C3CCN(C4CCC4)CC3)ccc21. The van der Waals surface area contributed by atoms with Crippen LogP contribution in [0.1, 0.15) is 91.4 Å². The summed E-state index contributed by atoms with van der Waals surface area (Å²) < 4.78 is 30.5. The lowest BCUT2D eigenvalue weighted by Gasteiger charge is -2.42. The number of rotatable bonds is 6. The molecule has 0 unspecified atom stereocenters. The number of piperidine rings is 1. The smallest absolute Gasteiger partial charge is 0.314 e. The molecular weight excluding hydrogens is 504 g/mol. The zero-order valence-corrected chi connectivity index (χ0v) is 22.1. The summed E-state index contributed by atoms with van der Waals surface area (Å²) in [6, 6.07) is 10.0. The van der Waals surface area contributed by atoms with E-state index < -0.39 is 17.7 Å². The summed E-state index contributed by atoms with van der Waals surface area (Å²) in [7, 11) is 0. The van der Waals surface area contributed by atoms with E-state index in [2.05, 4.69) is 26.1 Å².